The quantitative estimate of drug-likeness (QED) is 0.538. The van der Waals surface area contributed by atoms with Gasteiger partial charge in [-0.3, -0.25) is 4.79 Å². The fourth-order valence-electron chi connectivity index (χ4n) is 1.70. The number of carboxylic acids is 1. The summed E-state index contributed by atoms with van der Waals surface area (Å²) in [6.45, 7) is 0. The van der Waals surface area contributed by atoms with E-state index in [0.717, 1.165) is 0 Å². The highest BCUT2D eigenvalue weighted by atomic mass is 79.9. The maximum absolute atomic E-state index is 11.3. The molecule has 0 aliphatic carbocycles. The Morgan fingerprint density at radius 1 is 1.11 bits per heavy atom. The first-order valence-corrected chi connectivity index (χ1v) is 6.27. The molecular formula is C13H9BrO4. The molecule has 0 fully saturated rings. The molecular weight excluding hydrogens is 300 g/mol. The SMILES string of the molecule is O=C(CBr)Oc1ccc(C(=O)O)c2ccccc12. The van der Waals surface area contributed by atoms with Crippen molar-refractivity contribution in [3.05, 3.63) is 42.0 Å². The summed E-state index contributed by atoms with van der Waals surface area (Å²) >= 11 is 3.01. The van der Waals surface area contributed by atoms with E-state index in [1.54, 1.807) is 24.3 Å². The fraction of sp³-hybridized carbons (Fsp3) is 0.0769. The molecule has 92 valence electrons. The predicted molar refractivity (Wildman–Crippen MR) is 70.3 cm³/mol. The molecule has 0 aliphatic heterocycles. The Morgan fingerprint density at radius 2 is 1.78 bits per heavy atom. The Labute approximate surface area is 111 Å². The Morgan fingerprint density at radius 3 is 2.39 bits per heavy atom. The number of benzene rings is 2. The second-order valence-electron chi connectivity index (χ2n) is 3.57. The van der Waals surface area contributed by atoms with E-state index in [1.807, 2.05) is 0 Å². The molecule has 0 bridgehead atoms. The van der Waals surface area contributed by atoms with Gasteiger partial charge in [0.1, 0.15) is 11.1 Å². The standard InChI is InChI=1S/C13H9BrO4/c14-7-12(15)18-11-6-5-10(13(16)17)8-3-1-2-4-9(8)11/h1-6H,7H2,(H,16,17). The highest BCUT2D eigenvalue weighted by molar-refractivity contribution is 9.09. The summed E-state index contributed by atoms with van der Waals surface area (Å²) in [7, 11) is 0. The van der Waals surface area contributed by atoms with E-state index in [4.69, 9.17) is 9.84 Å². The number of hydrogen-bond acceptors (Lipinski definition) is 3. The van der Waals surface area contributed by atoms with Crippen LogP contribution in [0.15, 0.2) is 36.4 Å². The molecule has 0 saturated heterocycles. The van der Waals surface area contributed by atoms with Gasteiger partial charge in [0, 0.05) is 5.39 Å². The molecule has 0 unspecified atom stereocenters. The third-order valence-corrected chi connectivity index (χ3v) is 2.91. The number of carbonyl (C=O) groups is 2. The van der Waals surface area contributed by atoms with Crippen LogP contribution in [0.4, 0.5) is 0 Å². The Kier molecular flexibility index (Phi) is 3.62. The summed E-state index contributed by atoms with van der Waals surface area (Å²) in [5.74, 6) is -1.08. The van der Waals surface area contributed by atoms with Crippen LogP contribution < -0.4 is 4.74 Å². The van der Waals surface area contributed by atoms with Crippen molar-refractivity contribution in [3.63, 3.8) is 0 Å². The molecule has 0 spiro atoms. The zero-order valence-electron chi connectivity index (χ0n) is 9.22. The largest absolute Gasteiger partial charge is 0.478 e. The molecule has 2 rings (SSSR count). The molecule has 2 aromatic carbocycles. The van der Waals surface area contributed by atoms with Gasteiger partial charge in [0.05, 0.1) is 5.56 Å². The third kappa shape index (κ3) is 2.36. The van der Waals surface area contributed by atoms with Crippen molar-refractivity contribution in [1.82, 2.24) is 0 Å². The molecule has 0 amide bonds. The van der Waals surface area contributed by atoms with Crippen molar-refractivity contribution >= 4 is 38.6 Å². The predicted octanol–water partition coefficient (Wildman–Crippen LogP) is 2.84. The minimum Gasteiger partial charge on any atom is -0.478 e. The topological polar surface area (TPSA) is 63.6 Å². The normalized spacial score (nSPS) is 10.3. The van der Waals surface area contributed by atoms with Crippen LogP contribution in [-0.2, 0) is 4.79 Å². The summed E-state index contributed by atoms with van der Waals surface area (Å²) in [4.78, 5) is 22.3. The summed E-state index contributed by atoms with van der Waals surface area (Å²) in [5.41, 5.74) is 0.184. The molecule has 4 nitrogen and oxygen atoms in total. The van der Waals surface area contributed by atoms with Crippen molar-refractivity contribution in [3.8, 4) is 5.75 Å². The number of halogens is 1. The minimum atomic E-state index is -1.01. The van der Waals surface area contributed by atoms with Crippen LogP contribution in [0.3, 0.4) is 0 Å². The molecule has 0 heterocycles. The van der Waals surface area contributed by atoms with E-state index in [2.05, 4.69) is 15.9 Å². The molecule has 5 heteroatoms. The number of hydrogen-bond donors (Lipinski definition) is 1. The number of carboxylic acid groups (broad SMARTS) is 1. The van der Waals surface area contributed by atoms with Gasteiger partial charge in [0.25, 0.3) is 0 Å². The van der Waals surface area contributed by atoms with Crippen LogP contribution in [0.25, 0.3) is 10.8 Å². The van der Waals surface area contributed by atoms with Crippen molar-refractivity contribution in [2.75, 3.05) is 5.33 Å². The molecule has 0 saturated carbocycles. The fourth-order valence-corrected chi connectivity index (χ4v) is 1.81. The highest BCUT2D eigenvalue weighted by Gasteiger charge is 2.13. The van der Waals surface area contributed by atoms with Gasteiger partial charge in [0.2, 0.25) is 0 Å². The lowest BCUT2D eigenvalue weighted by molar-refractivity contribution is -0.131. The third-order valence-electron chi connectivity index (χ3n) is 2.45. The van der Waals surface area contributed by atoms with Gasteiger partial charge in [-0.05, 0) is 17.5 Å². The second-order valence-corrected chi connectivity index (χ2v) is 4.13. The van der Waals surface area contributed by atoms with Gasteiger partial charge >= 0.3 is 11.9 Å². The zero-order valence-corrected chi connectivity index (χ0v) is 10.8. The van der Waals surface area contributed by atoms with Crippen LogP contribution in [0.2, 0.25) is 0 Å². The molecule has 0 aromatic heterocycles. The molecule has 0 aliphatic rings. The second kappa shape index (κ2) is 5.18. The first-order chi connectivity index (χ1) is 8.63. The number of ether oxygens (including phenoxy) is 1. The Balaban J connectivity index is 2.61. The molecule has 2 aromatic rings. The maximum Gasteiger partial charge on any atom is 0.336 e. The van der Waals surface area contributed by atoms with Crippen molar-refractivity contribution in [2.45, 2.75) is 0 Å². The molecule has 0 radical (unpaired) electrons. The van der Waals surface area contributed by atoms with Crippen LogP contribution >= 0.6 is 15.9 Å². The first-order valence-electron chi connectivity index (χ1n) is 5.15. The average Bonchev–Trinajstić information content (AvgIpc) is 2.38. The summed E-state index contributed by atoms with van der Waals surface area (Å²) in [5, 5.41) is 10.3. The van der Waals surface area contributed by atoms with E-state index in [9.17, 15) is 9.59 Å². The van der Waals surface area contributed by atoms with E-state index in [-0.39, 0.29) is 10.9 Å². The number of fused-ring (bicyclic) bond motifs is 1. The van der Waals surface area contributed by atoms with Crippen molar-refractivity contribution < 1.29 is 19.4 Å². The smallest absolute Gasteiger partial charge is 0.336 e. The van der Waals surface area contributed by atoms with Gasteiger partial charge < -0.3 is 9.84 Å². The van der Waals surface area contributed by atoms with E-state index in [1.165, 1.54) is 12.1 Å². The number of aromatic carboxylic acids is 1. The Bertz CT molecular complexity index is 621. The van der Waals surface area contributed by atoms with Gasteiger partial charge in [-0.1, -0.05) is 40.2 Å². The number of carbonyl (C=O) groups excluding carboxylic acids is 1. The van der Waals surface area contributed by atoms with E-state index >= 15 is 0 Å². The summed E-state index contributed by atoms with van der Waals surface area (Å²) in [6.07, 6.45) is 0. The Hall–Kier alpha value is -1.88. The maximum atomic E-state index is 11.3. The number of esters is 1. The van der Waals surface area contributed by atoms with E-state index in [0.29, 0.717) is 16.5 Å². The van der Waals surface area contributed by atoms with Crippen LogP contribution in [-0.4, -0.2) is 22.4 Å². The minimum absolute atomic E-state index is 0.0853. The summed E-state index contributed by atoms with van der Waals surface area (Å²) < 4.78 is 5.13. The van der Waals surface area contributed by atoms with Crippen LogP contribution in [0.1, 0.15) is 10.4 Å². The lowest BCUT2D eigenvalue weighted by atomic mass is 10.0. The van der Waals surface area contributed by atoms with Crippen molar-refractivity contribution in [2.24, 2.45) is 0 Å². The molecule has 1 N–H and O–H groups in total. The highest BCUT2D eigenvalue weighted by Crippen LogP contribution is 2.28. The van der Waals surface area contributed by atoms with Gasteiger partial charge in [-0.2, -0.15) is 0 Å². The summed E-state index contributed by atoms with van der Waals surface area (Å²) in [6, 6.07) is 9.83. The average molecular weight is 309 g/mol. The van der Waals surface area contributed by atoms with Crippen LogP contribution in [0, 0.1) is 0 Å². The van der Waals surface area contributed by atoms with Crippen molar-refractivity contribution in [1.29, 1.82) is 0 Å². The first kappa shape index (κ1) is 12.6. The zero-order chi connectivity index (χ0) is 13.1. The molecule has 0 atom stereocenters. The van der Waals surface area contributed by atoms with Crippen LogP contribution in [0.5, 0.6) is 5.75 Å². The lowest BCUT2D eigenvalue weighted by Crippen LogP contribution is -2.09. The number of alkyl halides is 1. The lowest BCUT2D eigenvalue weighted by Gasteiger charge is -2.08. The van der Waals surface area contributed by atoms with Gasteiger partial charge in [-0.15, -0.1) is 0 Å². The number of rotatable bonds is 3. The van der Waals surface area contributed by atoms with Gasteiger partial charge in [0.15, 0.2) is 0 Å². The molecule has 18 heavy (non-hydrogen) atoms. The van der Waals surface area contributed by atoms with Gasteiger partial charge in [-0.25, -0.2) is 4.79 Å². The van der Waals surface area contributed by atoms with E-state index < -0.39 is 11.9 Å². The monoisotopic (exact) mass is 308 g/mol.